The largest absolute Gasteiger partial charge is 0.508 e. The Bertz CT molecular complexity index is 4320. The number of benzene rings is 6. The maximum absolute atomic E-state index is 15.8. The number of nitrogens with one attached hydrogen (secondary N) is 4. The molecule has 100 heavy (non-hydrogen) atoms. The van der Waals surface area contributed by atoms with E-state index in [1.54, 1.807) is 24.3 Å². The van der Waals surface area contributed by atoms with Crippen LogP contribution in [-0.4, -0.2) is 109 Å². The summed E-state index contributed by atoms with van der Waals surface area (Å²) < 4.78 is 5.72. The smallest absolute Gasteiger partial charge is 0.173 e. The molecule has 6 aromatic carbocycles. The Balaban J connectivity index is 1.03. The fourth-order valence-electron chi connectivity index (χ4n) is 17.9. The number of H-pyrrole nitrogens is 1. The number of methoxy groups -OCH3 is 1. The third-order valence-corrected chi connectivity index (χ3v) is 23.2. The molecular weight excluding hydrogens is 1250 g/mol. The number of phenols is 3. The van der Waals surface area contributed by atoms with Crippen molar-refractivity contribution in [3.63, 3.8) is 0 Å². The first-order valence-electron chi connectivity index (χ1n) is 36.3. The Kier molecular flexibility index (Phi) is 21.7. The summed E-state index contributed by atoms with van der Waals surface area (Å²) in [6, 6.07) is 37.4. The maximum Gasteiger partial charge on any atom is 0.173 e. The molecule has 3 heterocycles. The van der Waals surface area contributed by atoms with Gasteiger partial charge >= 0.3 is 0 Å². The third kappa shape index (κ3) is 15.0. The fraction of sp³-hybridized carbons (Fsp3) is 0.435. The van der Waals surface area contributed by atoms with Crippen molar-refractivity contribution in [3.8, 4) is 46.7 Å². The van der Waals surface area contributed by atoms with Gasteiger partial charge in [-0.15, -0.1) is 5.92 Å². The van der Waals surface area contributed by atoms with Crippen LogP contribution in [0.1, 0.15) is 151 Å². The number of phenolic OH excluding ortho intramolecular Hbond substituents is 2. The number of aromatic hydroxyl groups is 3. The summed E-state index contributed by atoms with van der Waals surface area (Å²) in [6.07, 6.45) is 8.33. The van der Waals surface area contributed by atoms with Crippen LogP contribution in [0.3, 0.4) is 0 Å². The molecule has 15 unspecified atom stereocenters. The number of hydrogen-bond donors (Lipinski definition) is 12. The van der Waals surface area contributed by atoms with E-state index in [0.29, 0.717) is 111 Å². The Morgan fingerprint density at radius 1 is 0.710 bits per heavy atom. The molecular formula is C85H96N4O11. The zero-order chi connectivity index (χ0) is 69.7. The molecule has 6 aliphatic rings. The Morgan fingerprint density at radius 3 is 2.33 bits per heavy atom. The van der Waals surface area contributed by atoms with Crippen LogP contribution in [0, 0.1) is 76.9 Å². The second kappa shape index (κ2) is 31.1. The van der Waals surface area contributed by atoms with E-state index in [9.17, 15) is 45.6 Å². The number of hydrogen-bond acceptors (Lipinski definition) is 14. The van der Waals surface area contributed by atoms with Crippen LogP contribution in [0.2, 0.25) is 0 Å². The van der Waals surface area contributed by atoms with E-state index < -0.39 is 47.6 Å². The fourth-order valence-corrected chi connectivity index (χ4v) is 17.9. The highest BCUT2D eigenvalue weighted by molar-refractivity contribution is 6.06. The molecule has 15 atom stereocenters. The van der Waals surface area contributed by atoms with Gasteiger partial charge in [0.25, 0.3) is 0 Å². The average Bonchev–Trinajstić information content (AvgIpc) is 1.15. The highest BCUT2D eigenvalue weighted by Crippen LogP contribution is 2.51. The van der Waals surface area contributed by atoms with Gasteiger partial charge in [-0.05, 0) is 209 Å². The number of aromatic nitrogens is 1. The van der Waals surface area contributed by atoms with Crippen LogP contribution in [0.4, 0.5) is 5.69 Å². The van der Waals surface area contributed by atoms with E-state index in [1.165, 1.54) is 7.11 Å². The number of rotatable bonds is 9. The third-order valence-electron chi connectivity index (χ3n) is 23.2. The van der Waals surface area contributed by atoms with E-state index >= 15 is 4.79 Å². The Hall–Kier alpha value is -8.64. The molecule has 2 aliphatic heterocycles. The van der Waals surface area contributed by atoms with Gasteiger partial charge in [-0.25, -0.2) is 0 Å². The van der Waals surface area contributed by atoms with Crippen molar-refractivity contribution in [1.29, 1.82) is 0 Å². The molecule has 0 saturated heterocycles. The number of anilines is 1. The average molecular weight is 1350 g/mol. The highest BCUT2D eigenvalue weighted by atomic mass is 16.5. The molecule has 2 saturated carbocycles. The minimum atomic E-state index is -1.94. The zero-order valence-electron chi connectivity index (χ0n) is 57.6. The lowest BCUT2D eigenvalue weighted by molar-refractivity contribution is -0.142. The molecule has 13 rings (SSSR count). The Labute approximate surface area is 587 Å². The van der Waals surface area contributed by atoms with Gasteiger partial charge in [0.15, 0.2) is 29.2 Å². The number of ketones is 2. The van der Waals surface area contributed by atoms with Gasteiger partial charge in [0.1, 0.15) is 17.3 Å². The Morgan fingerprint density at radius 2 is 1.53 bits per heavy atom. The van der Waals surface area contributed by atoms with Crippen LogP contribution in [0.25, 0.3) is 10.8 Å². The van der Waals surface area contributed by atoms with Gasteiger partial charge in [0, 0.05) is 98.2 Å². The number of aryl methyl sites for hydroxylation is 1. The molecule has 0 amide bonds. The van der Waals surface area contributed by atoms with Gasteiger partial charge in [-0.1, -0.05) is 123 Å². The number of fused-ring (bicyclic) bond motifs is 15. The summed E-state index contributed by atoms with van der Waals surface area (Å²) in [5.41, 5.74) is 10.9. The number of ether oxygens (including phenoxy) is 1. The van der Waals surface area contributed by atoms with Crippen molar-refractivity contribution in [1.82, 2.24) is 15.6 Å². The summed E-state index contributed by atoms with van der Waals surface area (Å²) in [5, 5.41) is 107. The number of carbonyl (C=O) groups excluding carboxylic acids is 2. The van der Waals surface area contributed by atoms with Crippen LogP contribution in [-0.2, 0) is 48.3 Å². The molecule has 1 aromatic heterocycles. The van der Waals surface area contributed by atoms with E-state index in [0.717, 1.165) is 62.1 Å². The van der Waals surface area contributed by atoms with Crippen LogP contribution in [0.15, 0.2) is 145 Å². The minimum absolute atomic E-state index is 0.00682. The predicted octanol–water partition coefficient (Wildman–Crippen LogP) is 11.7. The second-order valence-electron chi connectivity index (χ2n) is 29.4. The van der Waals surface area contributed by atoms with Crippen molar-refractivity contribution >= 4 is 28.0 Å². The molecule has 15 nitrogen and oxygen atoms in total. The lowest BCUT2D eigenvalue weighted by Gasteiger charge is -2.41. The van der Waals surface area contributed by atoms with Crippen LogP contribution in [0.5, 0.6) is 23.0 Å². The molecule has 0 spiro atoms. The SMILES string of the molecule is CCCC1C(O)Cc2cc(c[nH]2)C(C)CNCC(O)Cc2ccc3cc(Cc4ccccc4)c(cc3c2O)NC2=CC(=CCN2)C2CC#CC3CC(CC(CO)C3Cc3cccc(O)c3CO)c3ccccc3C3C#CC4CC2CC1CC4C(=O)C(O)C(=O)CCc1cc(OC)c(O)cc13. The van der Waals surface area contributed by atoms with Crippen molar-refractivity contribution in [2.24, 2.45) is 53.3 Å². The highest BCUT2D eigenvalue weighted by Gasteiger charge is 2.46. The zero-order valence-corrected chi connectivity index (χ0v) is 57.6. The molecule has 0 radical (unpaired) electrons. The van der Waals surface area contributed by atoms with E-state index in [4.69, 9.17) is 4.74 Å². The molecule has 2 fully saturated rings. The van der Waals surface area contributed by atoms with Gasteiger partial charge in [-0.2, -0.15) is 0 Å². The number of allylic oxidation sites excluding steroid dienone is 2. The van der Waals surface area contributed by atoms with Gasteiger partial charge in [-0.3, -0.25) is 9.59 Å². The number of carbonyl (C=O) groups is 2. The summed E-state index contributed by atoms with van der Waals surface area (Å²) in [7, 11) is 1.47. The second-order valence-corrected chi connectivity index (χ2v) is 29.4. The number of aliphatic hydroxyl groups excluding tert-OH is 5. The number of β-amino-alcohol motifs (C(OH)–C–C–N with tert-alkyl or cyclic N) is 1. The summed E-state index contributed by atoms with van der Waals surface area (Å²) >= 11 is 0. The van der Waals surface area contributed by atoms with E-state index in [-0.39, 0.29) is 115 Å². The lowest BCUT2D eigenvalue weighted by Crippen LogP contribution is -2.40. The topological polar surface area (TPSA) is 257 Å². The molecule has 15 heteroatoms. The standard InChI is InChI=1S/C85H96N4O11/c1-4-12-68-60-33-58-31-54-23-25-70(72-43-80(96)81(100-3)39-55(72)24-26-78(94)85(99)84(98)73(54)38-60)69-18-9-8-17-67(69)59-30-51(71(63(34-59)47-90)37-52-16-11-20-77(93)75(52)48-91)15-10-19-66(58)56-27-28-87-82(40-56)89-76-42-74-53(32-61(76)29-50-13-6-5-7-14-50)21-22-57(83(74)97)36-65(92)46-86-44-49(2)62-35-64(88-45-62)41-79(68)95/h5-9,11,13-14,16-18,20-22,27,32,35,39-40,42-43,45,49,51,54,58-60,63,65-66,68,70-71,73,79,85-93,95-97,99H,4,12,19,24,26,28-31,33-34,36-38,41,44,46-48H2,1-3H3. The molecule has 13 bridgehead atoms. The van der Waals surface area contributed by atoms with Gasteiger partial charge < -0.3 is 66.5 Å². The molecule has 522 valence electrons. The minimum Gasteiger partial charge on any atom is -0.508 e. The molecule has 7 aromatic rings. The summed E-state index contributed by atoms with van der Waals surface area (Å²) in [5.74, 6) is 10.7. The van der Waals surface area contributed by atoms with Crippen LogP contribution < -0.4 is 20.7 Å². The number of aliphatic hydroxyl groups is 5. The van der Waals surface area contributed by atoms with Gasteiger partial charge in [0.2, 0.25) is 0 Å². The van der Waals surface area contributed by atoms with Crippen molar-refractivity contribution in [2.75, 3.05) is 38.7 Å². The van der Waals surface area contributed by atoms with E-state index in [2.05, 4.69) is 107 Å². The monoisotopic (exact) mass is 1350 g/mol. The van der Waals surface area contributed by atoms with Crippen molar-refractivity contribution in [2.45, 2.75) is 146 Å². The normalized spacial score (nSPS) is 28.0. The summed E-state index contributed by atoms with van der Waals surface area (Å²) in [6.45, 7) is 5.03. The van der Waals surface area contributed by atoms with E-state index in [1.807, 2.05) is 60.8 Å². The maximum atomic E-state index is 15.8. The first-order chi connectivity index (χ1) is 48.6. The number of Topliss-reactive ketones (excluding diaryl/α,β-unsaturated/α-hetero) is 2. The molecule has 12 N–H and O–H groups in total. The predicted molar refractivity (Wildman–Crippen MR) is 389 cm³/mol. The van der Waals surface area contributed by atoms with Crippen molar-refractivity contribution < 1.29 is 55.2 Å². The number of aromatic amines is 1. The van der Waals surface area contributed by atoms with Crippen LogP contribution >= 0.6 is 0 Å². The molecule has 4 aliphatic carbocycles. The quantitative estimate of drug-likeness (QED) is 0.0474. The lowest BCUT2D eigenvalue weighted by atomic mass is 9.63. The number of dihydropyridines is 1. The van der Waals surface area contributed by atoms with Gasteiger partial charge in [0.05, 0.1) is 31.8 Å². The first-order valence-corrected chi connectivity index (χ1v) is 36.3. The summed E-state index contributed by atoms with van der Waals surface area (Å²) in [4.78, 5) is 34.0. The van der Waals surface area contributed by atoms with Crippen molar-refractivity contribution in [3.05, 3.63) is 206 Å². The first kappa shape index (κ1) is 69.8.